The zero-order chi connectivity index (χ0) is 6.81. The average molecular weight is 152 g/mol. The molecule has 2 rings (SSSR count). The van der Waals surface area contributed by atoms with Crippen LogP contribution in [0, 0.1) is 0 Å². The predicted molar refractivity (Wildman–Crippen MR) is 38.8 cm³/mol. The first-order valence-electron chi connectivity index (χ1n) is 2.79. The van der Waals surface area contributed by atoms with Crippen molar-refractivity contribution in [3.05, 3.63) is 24.0 Å². The Morgan fingerprint density at radius 3 is 3.40 bits per heavy atom. The highest BCUT2D eigenvalue weighted by molar-refractivity contribution is 7.94. The minimum Gasteiger partial charge on any atom is -0.317 e. The van der Waals surface area contributed by atoms with E-state index >= 15 is 0 Å². The van der Waals surface area contributed by atoms with Crippen LogP contribution in [0.3, 0.4) is 0 Å². The number of aromatic nitrogens is 1. The van der Waals surface area contributed by atoms with Gasteiger partial charge in [0.05, 0.1) is 11.1 Å². The molecule has 0 bridgehead atoms. The average Bonchev–Trinajstić information content (AvgIpc) is 2.05. The molecular weight excluding hydrogens is 148 g/mol. The van der Waals surface area contributed by atoms with Crippen molar-refractivity contribution in [1.29, 1.82) is 0 Å². The van der Waals surface area contributed by atoms with E-state index in [9.17, 15) is 0 Å². The monoisotopic (exact) mass is 152 g/mol. The van der Waals surface area contributed by atoms with Gasteiger partial charge in [0.1, 0.15) is 17.7 Å². The molecule has 0 amide bonds. The van der Waals surface area contributed by atoms with Gasteiger partial charge in [-0.2, -0.15) is 0 Å². The second-order valence-corrected chi connectivity index (χ2v) is 2.53. The summed E-state index contributed by atoms with van der Waals surface area (Å²) in [6.07, 6.45) is 3.34. The van der Waals surface area contributed by atoms with Crippen molar-refractivity contribution in [2.24, 2.45) is 5.16 Å². The quantitative estimate of drug-likeness (QED) is 0.528. The Morgan fingerprint density at radius 1 is 1.50 bits per heavy atom. The molecule has 0 unspecified atom stereocenters. The SMILES string of the molecule is C1=NOSc2cccnc21. The molecule has 0 aliphatic carbocycles. The second-order valence-electron chi connectivity index (χ2n) is 1.78. The normalized spacial score (nSPS) is 14.0. The molecular formula is C6H4N2OS. The molecule has 3 nitrogen and oxygen atoms in total. The fourth-order valence-electron chi connectivity index (χ4n) is 0.703. The highest BCUT2D eigenvalue weighted by Crippen LogP contribution is 2.23. The Morgan fingerprint density at radius 2 is 2.50 bits per heavy atom. The highest BCUT2D eigenvalue weighted by Gasteiger charge is 2.06. The van der Waals surface area contributed by atoms with Crippen LogP contribution in [-0.4, -0.2) is 11.2 Å². The summed E-state index contributed by atoms with van der Waals surface area (Å²) in [5.74, 6) is 0. The van der Waals surface area contributed by atoms with Gasteiger partial charge in [0, 0.05) is 6.20 Å². The van der Waals surface area contributed by atoms with Crippen LogP contribution in [0.2, 0.25) is 0 Å². The van der Waals surface area contributed by atoms with E-state index in [0.29, 0.717) is 0 Å². The van der Waals surface area contributed by atoms with Crippen molar-refractivity contribution < 1.29 is 4.28 Å². The number of pyridine rings is 1. The summed E-state index contributed by atoms with van der Waals surface area (Å²) in [5, 5.41) is 3.59. The van der Waals surface area contributed by atoms with Crippen LogP contribution in [0.25, 0.3) is 0 Å². The maximum atomic E-state index is 4.74. The lowest BCUT2D eigenvalue weighted by Gasteiger charge is -2.04. The van der Waals surface area contributed by atoms with Gasteiger partial charge in [-0.3, -0.25) is 4.98 Å². The molecule has 50 valence electrons. The molecule has 0 N–H and O–H groups in total. The molecule has 0 saturated carbocycles. The predicted octanol–water partition coefficient (Wildman–Crippen LogP) is 1.45. The maximum absolute atomic E-state index is 4.74. The van der Waals surface area contributed by atoms with E-state index in [4.69, 9.17) is 4.28 Å². The van der Waals surface area contributed by atoms with Crippen molar-refractivity contribution >= 4 is 18.3 Å². The van der Waals surface area contributed by atoms with Crippen LogP contribution in [0.1, 0.15) is 5.69 Å². The van der Waals surface area contributed by atoms with Gasteiger partial charge in [-0.25, -0.2) is 0 Å². The number of fused-ring (bicyclic) bond motifs is 1. The molecule has 0 radical (unpaired) electrons. The van der Waals surface area contributed by atoms with Crippen molar-refractivity contribution in [1.82, 2.24) is 4.98 Å². The van der Waals surface area contributed by atoms with Crippen LogP contribution in [-0.2, 0) is 4.28 Å². The summed E-state index contributed by atoms with van der Waals surface area (Å²) in [5.41, 5.74) is 0.874. The first kappa shape index (κ1) is 5.73. The number of nitrogens with zero attached hydrogens (tertiary/aromatic N) is 2. The molecule has 0 aromatic carbocycles. The Labute approximate surface area is 62.3 Å². The standard InChI is InChI=1S/C6H4N2OS/c1-2-6-5(7-3-1)4-8-9-10-6/h1-4H. The van der Waals surface area contributed by atoms with Crippen LogP contribution >= 0.6 is 12.0 Å². The van der Waals surface area contributed by atoms with Gasteiger partial charge in [0.15, 0.2) is 0 Å². The van der Waals surface area contributed by atoms with E-state index in [1.807, 2.05) is 12.1 Å². The largest absolute Gasteiger partial charge is 0.317 e. The molecule has 1 aliphatic rings. The zero-order valence-electron chi connectivity index (χ0n) is 5.02. The Kier molecular flexibility index (Phi) is 1.32. The summed E-state index contributed by atoms with van der Waals surface area (Å²) < 4.78 is 4.74. The molecule has 1 aliphatic heterocycles. The fourth-order valence-corrected chi connectivity index (χ4v) is 1.19. The Bertz CT molecular complexity index is 274. The first-order valence-corrected chi connectivity index (χ1v) is 3.53. The zero-order valence-corrected chi connectivity index (χ0v) is 5.84. The van der Waals surface area contributed by atoms with Gasteiger partial charge >= 0.3 is 0 Å². The molecule has 0 saturated heterocycles. The van der Waals surface area contributed by atoms with Gasteiger partial charge in [-0.15, -0.1) is 0 Å². The third-order valence-electron chi connectivity index (χ3n) is 1.14. The molecule has 0 atom stereocenters. The number of hydrogen-bond acceptors (Lipinski definition) is 4. The summed E-state index contributed by atoms with van der Waals surface area (Å²) in [4.78, 5) is 5.08. The van der Waals surface area contributed by atoms with Gasteiger partial charge < -0.3 is 4.28 Å². The summed E-state index contributed by atoms with van der Waals surface area (Å²) >= 11 is 1.23. The molecule has 4 heteroatoms. The molecule has 0 fully saturated rings. The van der Waals surface area contributed by atoms with E-state index in [0.717, 1.165) is 10.6 Å². The minimum atomic E-state index is 0.874. The summed E-state index contributed by atoms with van der Waals surface area (Å²) in [7, 11) is 0. The highest BCUT2D eigenvalue weighted by atomic mass is 32.2. The van der Waals surface area contributed by atoms with Crippen LogP contribution in [0.15, 0.2) is 28.4 Å². The molecule has 10 heavy (non-hydrogen) atoms. The van der Waals surface area contributed by atoms with Gasteiger partial charge in [-0.05, 0) is 12.1 Å². The number of oxime groups is 1. The van der Waals surface area contributed by atoms with E-state index < -0.39 is 0 Å². The van der Waals surface area contributed by atoms with Crippen molar-refractivity contribution in [2.45, 2.75) is 4.90 Å². The minimum absolute atomic E-state index is 0.874. The number of rotatable bonds is 0. The van der Waals surface area contributed by atoms with Crippen LogP contribution in [0.5, 0.6) is 0 Å². The second kappa shape index (κ2) is 2.30. The summed E-state index contributed by atoms with van der Waals surface area (Å²) in [6, 6.07) is 3.81. The van der Waals surface area contributed by atoms with Crippen molar-refractivity contribution in [2.75, 3.05) is 0 Å². The lowest BCUT2D eigenvalue weighted by atomic mass is 10.4. The van der Waals surface area contributed by atoms with Crippen LogP contribution < -0.4 is 0 Å². The lowest BCUT2D eigenvalue weighted by Crippen LogP contribution is -1.94. The topological polar surface area (TPSA) is 34.5 Å². The number of hydrogen-bond donors (Lipinski definition) is 0. The lowest BCUT2D eigenvalue weighted by molar-refractivity contribution is 0.404. The third-order valence-corrected chi connectivity index (χ3v) is 1.83. The van der Waals surface area contributed by atoms with Gasteiger partial charge in [-0.1, -0.05) is 5.16 Å². The van der Waals surface area contributed by atoms with Gasteiger partial charge in [0.2, 0.25) is 0 Å². The molecule has 1 aromatic rings. The van der Waals surface area contributed by atoms with E-state index in [1.54, 1.807) is 12.4 Å². The summed E-state index contributed by atoms with van der Waals surface area (Å²) in [6.45, 7) is 0. The maximum Gasteiger partial charge on any atom is 0.127 e. The van der Waals surface area contributed by atoms with Gasteiger partial charge in [0.25, 0.3) is 0 Å². The smallest absolute Gasteiger partial charge is 0.127 e. The Hall–Kier alpha value is -1.03. The molecule has 2 heterocycles. The Balaban J connectivity index is 2.54. The first-order chi connectivity index (χ1) is 4.97. The van der Waals surface area contributed by atoms with Crippen molar-refractivity contribution in [3.63, 3.8) is 0 Å². The van der Waals surface area contributed by atoms with E-state index in [1.165, 1.54) is 12.0 Å². The van der Waals surface area contributed by atoms with E-state index in [2.05, 4.69) is 10.1 Å². The molecule has 0 spiro atoms. The third kappa shape index (κ3) is 0.863. The van der Waals surface area contributed by atoms with E-state index in [-0.39, 0.29) is 0 Å². The van der Waals surface area contributed by atoms with Crippen molar-refractivity contribution in [3.8, 4) is 0 Å². The fraction of sp³-hybridized carbons (Fsp3) is 0. The molecule has 1 aromatic heterocycles. The van der Waals surface area contributed by atoms with Crippen LogP contribution in [0.4, 0.5) is 0 Å².